The van der Waals surface area contributed by atoms with E-state index in [1.54, 1.807) is 11.3 Å². The maximum absolute atomic E-state index is 13.8. The fourth-order valence-corrected chi connectivity index (χ4v) is 9.32. The van der Waals surface area contributed by atoms with Crippen molar-refractivity contribution in [2.45, 2.75) is 47.0 Å². The molecule has 6 aromatic rings. The van der Waals surface area contributed by atoms with Crippen molar-refractivity contribution in [3.63, 3.8) is 0 Å². The van der Waals surface area contributed by atoms with Crippen LogP contribution in [0.15, 0.2) is 76.3 Å². The molecular weight excluding hydrogens is 492 g/mol. The van der Waals surface area contributed by atoms with Gasteiger partial charge in [0.25, 0.3) is 0 Å². The molecule has 37 heavy (non-hydrogen) atoms. The minimum atomic E-state index is -0.464. The topological polar surface area (TPSA) is 34.1 Å². The van der Waals surface area contributed by atoms with Gasteiger partial charge in [0, 0.05) is 42.3 Å². The zero-order chi connectivity index (χ0) is 25.8. The normalized spacial score (nSPS) is 12.3. The first-order valence-electron chi connectivity index (χ1n) is 13.0. The van der Waals surface area contributed by atoms with E-state index < -0.39 is 10.5 Å². The molecule has 4 heteroatoms. The second-order valence-electron chi connectivity index (χ2n) is 9.71. The summed E-state index contributed by atoms with van der Waals surface area (Å²) in [5, 5.41) is 3.19. The first kappa shape index (κ1) is 24.0. The van der Waals surface area contributed by atoms with Crippen molar-refractivity contribution in [1.82, 2.24) is 0 Å². The summed E-state index contributed by atoms with van der Waals surface area (Å²) in [5.74, 6) is 0. The third-order valence-electron chi connectivity index (χ3n) is 7.39. The lowest BCUT2D eigenvalue weighted by Gasteiger charge is -2.10. The molecule has 0 aliphatic rings. The van der Waals surface area contributed by atoms with E-state index in [1.165, 1.54) is 16.7 Å². The smallest absolute Gasteiger partial charge is 0.204 e. The van der Waals surface area contributed by atoms with Gasteiger partial charge in [-0.25, -0.2) is 0 Å². The molecule has 0 saturated heterocycles. The summed E-state index contributed by atoms with van der Waals surface area (Å²) < 4.78 is 4.30. The van der Waals surface area contributed by atoms with E-state index in [0.29, 0.717) is 0 Å². The molecule has 0 aliphatic carbocycles. The van der Waals surface area contributed by atoms with Crippen LogP contribution in [0.1, 0.15) is 43.0 Å². The Morgan fingerprint density at radius 1 is 0.703 bits per heavy atom. The van der Waals surface area contributed by atoms with Gasteiger partial charge in [-0.2, -0.15) is 0 Å². The molecular formula is C33H29O2S2+. The third-order valence-corrected chi connectivity index (χ3v) is 11.1. The summed E-state index contributed by atoms with van der Waals surface area (Å²) in [6.45, 7) is 8.51. The minimum absolute atomic E-state index is 0.103. The summed E-state index contributed by atoms with van der Waals surface area (Å²) in [7, 11) is -0.464. The molecule has 0 bridgehead atoms. The van der Waals surface area contributed by atoms with E-state index in [-0.39, 0.29) is 10.9 Å². The highest BCUT2D eigenvalue weighted by Gasteiger charge is 2.26. The van der Waals surface area contributed by atoms with E-state index in [0.717, 1.165) is 70.1 Å². The lowest BCUT2D eigenvalue weighted by atomic mass is 10.0. The van der Waals surface area contributed by atoms with Crippen LogP contribution in [-0.2, 0) is 19.3 Å². The van der Waals surface area contributed by atoms with E-state index >= 15 is 0 Å². The Morgan fingerprint density at radius 3 is 2.22 bits per heavy atom. The monoisotopic (exact) mass is 521 g/mol. The van der Waals surface area contributed by atoms with Crippen LogP contribution >= 0.6 is 21.8 Å². The lowest BCUT2D eigenvalue weighted by Crippen LogP contribution is -2.05. The SMILES string of the molecule is CCc1cc(CC)c2c(c1)c(=O)c1ccccc1[s+]2-c1ccc2sc3c(CC)cc(C)cc3c(=O)c2c1. The largest absolute Gasteiger partial charge is 0.288 e. The quantitative estimate of drug-likeness (QED) is 0.172. The minimum Gasteiger partial charge on any atom is -0.288 e. The van der Waals surface area contributed by atoms with Gasteiger partial charge in [-0.1, -0.05) is 50.6 Å². The molecule has 2 nitrogen and oxygen atoms in total. The molecule has 0 N–H and O–H groups in total. The number of aryl methyl sites for hydroxylation is 4. The van der Waals surface area contributed by atoms with Crippen molar-refractivity contribution in [3.8, 4) is 4.90 Å². The molecule has 0 fully saturated rings. The van der Waals surface area contributed by atoms with E-state index in [4.69, 9.17) is 0 Å². The van der Waals surface area contributed by atoms with Crippen LogP contribution in [0.25, 0.3) is 45.2 Å². The van der Waals surface area contributed by atoms with Crippen LogP contribution in [-0.4, -0.2) is 0 Å². The summed E-state index contributed by atoms with van der Waals surface area (Å²) >= 11 is 1.71. The first-order chi connectivity index (χ1) is 17.9. The summed E-state index contributed by atoms with van der Waals surface area (Å²) in [4.78, 5) is 28.6. The highest BCUT2D eigenvalue weighted by Crippen LogP contribution is 2.46. The van der Waals surface area contributed by atoms with Crippen LogP contribution < -0.4 is 10.9 Å². The fourth-order valence-electron chi connectivity index (χ4n) is 5.52. The second kappa shape index (κ2) is 9.20. The highest BCUT2D eigenvalue weighted by atomic mass is 32.2. The van der Waals surface area contributed by atoms with E-state index in [9.17, 15) is 9.59 Å². The summed E-state index contributed by atoms with van der Waals surface area (Å²) in [5.41, 5.74) is 5.00. The maximum atomic E-state index is 13.8. The van der Waals surface area contributed by atoms with Crippen molar-refractivity contribution < 1.29 is 0 Å². The third kappa shape index (κ3) is 3.74. The van der Waals surface area contributed by atoms with Gasteiger partial charge in [0.2, 0.25) is 5.43 Å². The van der Waals surface area contributed by atoms with Gasteiger partial charge in [-0.05, 0) is 73.7 Å². The number of rotatable bonds is 4. The molecule has 2 heterocycles. The van der Waals surface area contributed by atoms with Crippen molar-refractivity contribution in [1.29, 1.82) is 0 Å². The Labute approximate surface area is 222 Å². The fraction of sp³-hybridized carbons (Fsp3) is 0.212. The Balaban J connectivity index is 1.77. The number of hydrogen-bond donors (Lipinski definition) is 0. The molecule has 184 valence electrons. The van der Waals surface area contributed by atoms with Gasteiger partial charge < -0.3 is 0 Å². The van der Waals surface area contributed by atoms with Crippen LogP contribution in [0.3, 0.4) is 0 Å². The van der Waals surface area contributed by atoms with Crippen molar-refractivity contribution in [3.05, 3.63) is 109 Å². The number of fused-ring (bicyclic) bond motifs is 4. The van der Waals surface area contributed by atoms with Gasteiger partial charge >= 0.3 is 0 Å². The molecule has 0 amide bonds. The highest BCUT2D eigenvalue weighted by molar-refractivity contribution is 7.49. The van der Waals surface area contributed by atoms with Crippen LogP contribution in [0.4, 0.5) is 0 Å². The molecule has 0 saturated carbocycles. The predicted octanol–water partition coefficient (Wildman–Crippen LogP) is 8.82. The summed E-state index contributed by atoms with van der Waals surface area (Å²) in [6, 6.07) is 23.0. The predicted molar refractivity (Wildman–Crippen MR) is 164 cm³/mol. The molecule has 0 aliphatic heterocycles. The average Bonchev–Trinajstić information content (AvgIpc) is 2.93. The molecule has 1 unspecified atom stereocenters. The zero-order valence-corrected chi connectivity index (χ0v) is 23.2. The van der Waals surface area contributed by atoms with Gasteiger partial charge in [0.05, 0.1) is 10.8 Å². The van der Waals surface area contributed by atoms with Gasteiger partial charge in [0.1, 0.15) is 0 Å². The van der Waals surface area contributed by atoms with Crippen molar-refractivity contribution >= 4 is 62.2 Å². The molecule has 2 aromatic heterocycles. The van der Waals surface area contributed by atoms with Crippen LogP contribution in [0.5, 0.6) is 0 Å². The maximum Gasteiger partial charge on any atom is 0.204 e. The van der Waals surface area contributed by atoms with Gasteiger partial charge in [0.15, 0.2) is 19.7 Å². The molecule has 1 atom stereocenters. The Morgan fingerprint density at radius 2 is 1.46 bits per heavy atom. The van der Waals surface area contributed by atoms with Crippen molar-refractivity contribution in [2.75, 3.05) is 0 Å². The lowest BCUT2D eigenvalue weighted by molar-refractivity contribution is 1.10. The van der Waals surface area contributed by atoms with Crippen LogP contribution in [0, 0.1) is 6.92 Å². The molecule has 0 radical (unpaired) electrons. The van der Waals surface area contributed by atoms with Gasteiger partial charge in [-0.15, -0.1) is 11.3 Å². The molecule has 4 aromatic carbocycles. The molecule has 0 spiro atoms. The first-order valence-corrected chi connectivity index (χ1v) is 15.0. The van der Waals surface area contributed by atoms with E-state index in [2.05, 4.69) is 70.2 Å². The Hall–Kier alpha value is -3.34. The second-order valence-corrected chi connectivity index (χ2v) is 12.7. The standard InChI is InChI=1S/C33H29O2S2/c1-5-20-16-22(7-3)33-27(17-20)30(34)24-10-8-9-11-29(24)37(33)23-12-13-28-25(18-23)31(35)26-15-19(4)14-21(6-2)32(26)36-28/h8-18H,5-7H2,1-4H3/q+1. The molecule has 6 rings (SSSR count). The van der Waals surface area contributed by atoms with E-state index in [1.807, 2.05) is 24.3 Å². The Kier molecular flexibility index (Phi) is 5.97. The van der Waals surface area contributed by atoms with Gasteiger partial charge in [-0.3, -0.25) is 9.59 Å². The number of hydrogen-bond acceptors (Lipinski definition) is 3. The van der Waals surface area contributed by atoms with Crippen LogP contribution in [0.2, 0.25) is 0 Å². The van der Waals surface area contributed by atoms with Crippen molar-refractivity contribution in [2.24, 2.45) is 0 Å². The average molecular weight is 522 g/mol. The summed E-state index contributed by atoms with van der Waals surface area (Å²) in [6.07, 6.45) is 2.66. The Bertz CT molecular complexity index is 1990. The zero-order valence-electron chi connectivity index (χ0n) is 21.6. The number of benzene rings is 4.